The van der Waals surface area contributed by atoms with E-state index in [1.807, 2.05) is 26.0 Å². The van der Waals surface area contributed by atoms with E-state index in [9.17, 15) is 10.1 Å². The first-order valence-electron chi connectivity index (χ1n) is 7.21. The molecule has 0 saturated carbocycles. The topological polar surface area (TPSA) is 64.4 Å². The van der Waals surface area contributed by atoms with Gasteiger partial charge in [0, 0.05) is 6.07 Å². The molecule has 1 aromatic rings. The summed E-state index contributed by atoms with van der Waals surface area (Å²) in [4.78, 5) is 10.6. The molecule has 0 aliphatic carbocycles. The molecule has 0 bridgehead atoms. The fourth-order valence-corrected chi connectivity index (χ4v) is 2.60. The Morgan fingerprint density at radius 1 is 1.40 bits per heavy atom. The Labute approximate surface area is 119 Å². The number of nitro benzene ring substituents is 1. The van der Waals surface area contributed by atoms with Crippen LogP contribution in [0.25, 0.3) is 0 Å². The highest BCUT2D eigenvalue weighted by Gasteiger charge is 2.19. The Bertz CT molecular complexity index is 468. The van der Waals surface area contributed by atoms with Crippen LogP contribution in [0.5, 0.6) is 5.75 Å². The van der Waals surface area contributed by atoms with Crippen molar-refractivity contribution in [3.8, 4) is 5.75 Å². The van der Waals surface area contributed by atoms with Crippen molar-refractivity contribution in [1.29, 1.82) is 0 Å². The lowest BCUT2D eigenvalue weighted by Gasteiger charge is -2.22. The van der Waals surface area contributed by atoms with Crippen molar-refractivity contribution in [3.63, 3.8) is 0 Å². The quantitative estimate of drug-likeness (QED) is 0.664. The molecule has 110 valence electrons. The first-order chi connectivity index (χ1) is 9.56. The molecule has 1 aromatic carbocycles. The zero-order valence-electron chi connectivity index (χ0n) is 12.1. The summed E-state index contributed by atoms with van der Waals surface area (Å²) in [5.41, 5.74) is 1.17. The summed E-state index contributed by atoms with van der Waals surface area (Å²) in [6.07, 6.45) is 3.23. The van der Waals surface area contributed by atoms with E-state index in [0.717, 1.165) is 37.9 Å². The predicted molar refractivity (Wildman–Crippen MR) is 78.2 cm³/mol. The summed E-state index contributed by atoms with van der Waals surface area (Å²) in [7, 11) is 0. The Morgan fingerprint density at radius 2 is 2.10 bits per heavy atom. The molecule has 1 aliphatic heterocycles. The number of ether oxygens (including phenoxy) is 1. The SMILES string of the molecule is CC(C)Oc1cc(CC2CCNCC2)ccc1[N+](=O)[O-]. The second kappa shape index (κ2) is 6.70. The maximum atomic E-state index is 11.0. The number of benzene rings is 1. The monoisotopic (exact) mass is 278 g/mol. The summed E-state index contributed by atoms with van der Waals surface area (Å²) >= 11 is 0. The van der Waals surface area contributed by atoms with Gasteiger partial charge in [0.2, 0.25) is 0 Å². The number of nitro groups is 1. The third-order valence-electron chi connectivity index (χ3n) is 3.57. The van der Waals surface area contributed by atoms with Crippen molar-refractivity contribution in [2.45, 2.75) is 39.2 Å². The molecule has 5 nitrogen and oxygen atoms in total. The van der Waals surface area contributed by atoms with Crippen LogP contribution in [-0.4, -0.2) is 24.1 Å². The van der Waals surface area contributed by atoms with Crippen molar-refractivity contribution in [2.24, 2.45) is 5.92 Å². The van der Waals surface area contributed by atoms with E-state index < -0.39 is 0 Å². The molecule has 0 atom stereocenters. The van der Waals surface area contributed by atoms with Crippen LogP contribution in [0.1, 0.15) is 32.3 Å². The summed E-state index contributed by atoms with van der Waals surface area (Å²) in [6.45, 7) is 5.88. The fraction of sp³-hybridized carbons (Fsp3) is 0.600. The third-order valence-corrected chi connectivity index (χ3v) is 3.57. The molecule has 1 N–H and O–H groups in total. The summed E-state index contributed by atoms with van der Waals surface area (Å²) in [6, 6.07) is 5.25. The van der Waals surface area contributed by atoms with Crippen molar-refractivity contribution < 1.29 is 9.66 Å². The zero-order valence-corrected chi connectivity index (χ0v) is 12.1. The van der Waals surface area contributed by atoms with Crippen LogP contribution in [-0.2, 0) is 6.42 Å². The number of rotatable bonds is 5. The molecule has 2 rings (SSSR count). The molecular formula is C15H22N2O3. The highest BCUT2D eigenvalue weighted by Crippen LogP contribution is 2.30. The van der Waals surface area contributed by atoms with E-state index in [1.165, 1.54) is 0 Å². The molecule has 20 heavy (non-hydrogen) atoms. The van der Waals surface area contributed by atoms with Gasteiger partial charge in [-0.25, -0.2) is 0 Å². The Kier molecular flexibility index (Phi) is 4.95. The van der Waals surface area contributed by atoms with E-state index in [0.29, 0.717) is 11.7 Å². The first-order valence-corrected chi connectivity index (χ1v) is 7.21. The minimum atomic E-state index is -0.383. The summed E-state index contributed by atoms with van der Waals surface area (Å²) < 4.78 is 5.58. The maximum absolute atomic E-state index is 11.0. The van der Waals surface area contributed by atoms with Gasteiger partial charge in [-0.1, -0.05) is 6.07 Å². The second-order valence-corrected chi connectivity index (χ2v) is 5.62. The lowest BCUT2D eigenvalue weighted by molar-refractivity contribution is -0.386. The van der Waals surface area contributed by atoms with Crippen LogP contribution in [0.4, 0.5) is 5.69 Å². The van der Waals surface area contributed by atoms with Gasteiger partial charge in [0.1, 0.15) is 0 Å². The largest absolute Gasteiger partial charge is 0.484 e. The highest BCUT2D eigenvalue weighted by molar-refractivity contribution is 5.48. The third kappa shape index (κ3) is 3.93. The van der Waals surface area contributed by atoms with Crippen LogP contribution < -0.4 is 10.1 Å². The molecule has 0 unspecified atom stereocenters. The van der Waals surface area contributed by atoms with Gasteiger partial charge in [-0.2, -0.15) is 0 Å². The van der Waals surface area contributed by atoms with Crippen molar-refractivity contribution in [3.05, 3.63) is 33.9 Å². The van der Waals surface area contributed by atoms with E-state index in [1.54, 1.807) is 6.07 Å². The molecule has 5 heteroatoms. The zero-order chi connectivity index (χ0) is 14.5. The van der Waals surface area contributed by atoms with Gasteiger partial charge >= 0.3 is 5.69 Å². The normalized spacial score (nSPS) is 16.4. The highest BCUT2D eigenvalue weighted by atomic mass is 16.6. The smallest absolute Gasteiger partial charge is 0.310 e. The van der Waals surface area contributed by atoms with Gasteiger partial charge in [0.15, 0.2) is 5.75 Å². The standard InChI is InChI=1S/C15H22N2O3/c1-11(2)20-15-10-13(3-4-14(15)17(18)19)9-12-5-7-16-8-6-12/h3-4,10-12,16H,5-9H2,1-2H3. The molecule has 1 heterocycles. The molecular weight excluding hydrogens is 256 g/mol. The molecule has 0 spiro atoms. The first kappa shape index (κ1) is 14.8. The van der Waals surface area contributed by atoms with Gasteiger partial charge < -0.3 is 10.1 Å². The van der Waals surface area contributed by atoms with Gasteiger partial charge in [-0.05, 0) is 63.7 Å². The van der Waals surface area contributed by atoms with Gasteiger partial charge in [0.25, 0.3) is 0 Å². The number of hydrogen-bond donors (Lipinski definition) is 1. The predicted octanol–water partition coefficient (Wildman–Crippen LogP) is 2.92. The molecule has 0 radical (unpaired) electrons. The van der Waals surface area contributed by atoms with Crippen molar-refractivity contribution in [2.75, 3.05) is 13.1 Å². The van der Waals surface area contributed by atoms with Gasteiger partial charge in [-0.15, -0.1) is 0 Å². The number of nitrogens with one attached hydrogen (secondary N) is 1. The van der Waals surface area contributed by atoms with Crippen LogP contribution in [0.2, 0.25) is 0 Å². The second-order valence-electron chi connectivity index (χ2n) is 5.62. The molecule has 0 amide bonds. The Balaban J connectivity index is 2.15. The van der Waals surface area contributed by atoms with E-state index >= 15 is 0 Å². The van der Waals surface area contributed by atoms with Crippen molar-refractivity contribution >= 4 is 5.69 Å². The van der Waals surface area contributed by atoms with Crippen LogP contribution in [0.3, 0.4) is 0 Å². The lowest BCUT2D eigenvalue weighted by atomic mass is 9.91. The molecule has 0 aromatic heterocycles. The van der Waals surface area contributed by atoms with Crippen LogP contribution in [0.15, 0.2) is 18.2 Å². The molecule has 1 fully saturated rings. The van der Waals surface area contributed by atoms with Crippen molar-refractivity contribution in [1.82, 2.24) is 5.32 Å². The average molecular weight is 278 g/mol. The minimum absolute atomic E-state index is 0.0489. The Morgan fingerprint density at radius 3 is 2.70 bits per heavy atom. The fourth-order valence-electron chi connectivity index (χ4n) is 2.60. The number of nitrogens with zero attached hydrogens (tertiary/aromatic N) is 1. The summed E-state index contributed by atoms with van der Waals surface area (Å²) in [5, 5.41) is 14.4. The molecule has 1 aliphatic rings. The van der Waals surface area contributed by atoms with E-state index in [4.69, 9.17) is 4.74 Å². The number of piperidine rings is 1. The van der Waals surface area contributed by atoms with Crippen LogP contribution in [0, 0.1) is 16.0 Å². The summed E-state index contributed by atoms with van der Waals surface area (Å²) in [5.74, 6) is 1.04. The Hall–Kier alpha value is -1.62. The molecule has 1 saturated heterocycles. The van der Waals surface area contributed by atoms with E-state index in [-0.39, 0.29) is 16.7 Å². The van der Waals surface area contributed by atoms with E-state index in [2.05, 4.69) is 5.32 Å². The van der Waals surface area contributed by atoms with Gasteiger partial charge in [-0.3, -0.25) is 10.1 Å². The van der Waals surface area contributed by atoms with Crippen LogP contribution >= 0.6 is 0 Å². The lowest BCUT2D eigenvalue weighted by Crippen LogP contribution is -2.28. The number of hydrogen-bond acceptors (Lipinski definition) is 4. The minimum Gasteiger partial charge on any atom is -0.484 e. The maximum Gasteiger partial charge on any atom is 0.310 e. The van der Waals surface area contributed by atoms with Gasteiger partial charge in [0.05, 0.1) is 11.0 Å². The average Bonchev–Trinajstić information content (AvgIpc) is 2.39.